The number of rotatable bonds is 6. The molecule has 5 nitrogen and oxygen atoms in total. The molecule has 1 rings (SSSR count). The Morgan fingerprint density at radius 3 is 2.63 bits per heavy atom. The number of guanidine groups is 1. The molecule has 0 aliphatic rings. The van der Waals surface area contributed by atoms with Gasteiger partial charge >= 0.3 is 0 Å². The quantitative estimate of drug-likeness (QED) is 0.345. The molecule has 0 saturated heterocycles. The summed E-state index contributed by atoms with van der Waals surface area (Å²) in [6.07, 6.45) is 4.81. The van der Waals surface area contributed by atoms with Crippen LogP contribution in [0.15, 0.2) is 23.5 Å². The van der Waals surface area contributed by atoms with Gasteiger partial charge in [-0.05, 0) is 25.3 Å². The number of nitrogens with one attached hydrogen (secondary N) is 2. The van der Waals surface area contributed by atoms with Crippen molar-refractivity contribution in [3.63, 3.8) is 0 Å². The largest absolute Gasteiger partial charge is 0.356 e. The van der Waals surface area contributed by atoms with E-state index in [-0.39, 0.29) is 24.0 Å². The number of halogens is 1. The van der Waals surface area contributed by atoms with E-state index in [1.807, 2.05) is 16.9 Å². The second-order valence-electron chi connectivity index (χ2n) is 4.80. The van der Waals surface area contributed by atoms with Crippen molar-refractivity contribution in [1.29, 1.82) is 0 Å². The lowest BCUT2D eigenvalue weighted by Crippen LogP contribution is -2.44. The second kappa shape index (κ2) is 10.1. The average molecular weight is 379 g/mol. The van der Waals surface area contributed by atoms with Gasteiger partial charge in [-0.15, -0.1) is 24.0 Å². The smallest absolute Gasteiger partial charge is 0.191 e. The van der Waals surface area contributed by atoms with Crippen LogP contribution in [-0.2, 0) is 6.54 Å². The maximum absolute atomic E-state index is 4.22. The zero-order chi connectivity index (χ0) is 13.4. The van der Waals surface area contributed by atoms with Gasteiger partial charge in [-0.3, -0.25) is 9.67 Å². The van der Waals surface area contributed by atoms with E-state index in [0.717, 1.165) is 25.5 Å². The average Bonchev–Trinajstić information content (AvgIpc) is 2.85. The van der Waals surface area contributed by atoms with Crippen molar-refractivity contribution in [3.05, 3.63) is 18.5 Å². The monoisotopic (exact) mass is 379 g/mol. The fourth-order valence-electron chi connectivity index (χ4n) is 1.46. The molecule has 6 heteroatoms. The Balaban J connectivity index is 0.00000324. The lowest BCUT2D eigenvalue weighted by molar-refractivity contribution is 0.479. The molecular weight excluding hydrogens is 353 g/mol. The fourth-order valence-corrected chi connectivity index (χ4v) is 1.46. The van der Waals surface area contributed by atoms with Gasteiger partial charge in [0, 0.05) is 38.6 Å². The molecule has 0 aliphatic heterocycles. The number of aliphatic imine (C=N–C) groups is 1. The van der Waals surface area contributed by atoms with E-state index in [0.29, 0.717) is 12.0 Å². The molecule has 0 amide bonds. The maximum atomic E-state index is 4.22. The van der Waals surface area contributed by atoms with Gasteiger partial charge in [-0.2, -0.15) is 5.10 Å². The van der Waals surface area contributed by atoms with Gasteiger partial charge in [0.1, 0.15) is 0 Å². The molecule has 110 valence electrons. The van der Waals surface area contributed by atoms with E-state index in [1.165, 1.54) is 0 Å². The summed E-state index contributed by atoms with van der Waals surface area (Å²) in [5.41, 5.74) is 0. The van der Waals surface area contributed by atoms with Crippen LogP contribution in [-0.4, -0.2) is 35.4 Å². The summed E-state index contributed by atoms with van der Waals surface area (Å²) < 4.78 is 1.94. The van der Waals surface area contributed by atoms with Gasteiger partial charge in [-0.1, -0.05) is 13.8 Å². The standard InChI is InChI=1S/C13H25N5.HI/c1-11(2)12(3)17-13(14-4)15-7-5-9-18-10-6-8-16-18;/h6,8,10-12H,5,7,9H2,1-4H3,(H2,14,15,17);1H. The third kappa shape index (κ3) is 7.39. The van der Waals surface area contributed by atoms with Crippen molar-refractivity contribution < 1.29 is 0 Å². The minimum Gasteiger partial charge on any atom is -0.356 e. The van der Waals surface area contributed by atoms with Gasteiger partial charge in [0.25, 0.3) is 0 Å². The Bertz CT molecular complexity index is 348. The van der Waals surface area contributed by atoms with Crippen molar-refractivity contribution in [2.75, 3.05) is 13.6 Å². The van der Waals surface area contributed by atoms with E-state index >= 15 is 0 Å². The molecule has 0 spiro atoms. The van der Waals surface area contributed by atoms with Gasteiger partial charge in [0.2, 0.25) is 0 Å². The molecule has 1 heterocycles. The van der Waals surface area contributed by atoms with Crippen LogP contribution >= 0.6 is 24.0 Å². The molecule has 19 heavy (non-hydrogen) atoms. The summed E-state index contributed by atoms with van der Waals surface area (Å²) in [5, 5.41) is 10.9. The maximum Gasteiger partial charge on any atom is 0.191 e. The molecule has 0 aliphatic carbocycles. The Hall–Kier alpha value is -0.790. The van der Waals surface area contributed by atoms with E-state index in [1.54, 1.807) is 13.2 Å². The predicted molar refractivity (Wildman–Crippen MR) is 91.1 cm³/mol. The SMILES string of the molecule is CN=C(NCCCn1cccn1)NC(C)C(C)C.I. The highest BCUT2D eigenvalue weighted by molar-refractivity contribution is 14.0. The third-order valence-electron chi connectivity index (χ3n) is 3.00. The van der Waals surface area contributed by atoms with Crippen LogP contribution in [0.25, 0.3) is 0 Å². The summed E-state index contributed by atoms with van der Waals surface area (Å²) >= 11 is 0. The molecule has 2 N–H and O–H groups in total. The zero-order valence-corrected chi connectivity index (χ0v) is 14.6. The molecule has 0 fully saturated rings. The van der Waals surface area contributed by atoms with Crippen molar-refractivity contribution in [3.8, 4) is 0 Å². The van der Waals surface area contributed by atoms with Gasteiger partial charge in [0.05, 0.1) is 0 Å². The van der Waals surface area contributed by atoms with Crippen molar-refractivity contribution in [2.45, 2.75) is 39.8 Å². The molecule has 1 atom stereocenters. The Kier molecular flexibility index (Phi) is 9.63. The van der Waals surface area contributed by atoms with Crippen LogP contribution in [0.3, 0.4) is 0 Å². The number of aromatic nitrogens is 2. The number of hydrogen-bond donors (Lipinski definition) is 2. The summed E-state index contributed by atoms with van der Waals surface area (Å²) in [6.45, 7) is 8.38. The van der Waals surface area contributed by atoms with E-state index in [2.05, 4.69) is 41.5 Å². The topological polar surface area (TPSA) is 54.2 Å². The fraction of sp³-hybridized carbons (Fsp3) is 0.692. The Morgan fingerprint density at radius 2 is 2.11 bits per heavy atom. The van der Waals surface area contributed by atoms with Crippen LogP contribution in [0.2, 0.25) is 0 Å². The third-order valence-corrected chi connectivity index (χ3v) is 3.00. The Labute approximate surface area is 133 Å². The molecule has 0 bridgehead atoms. The number of aryl methyl sites for hydroxylation is 1. The molecule has 0 saturated carbocycles. The molecule has 1 aromatic heterocycles. The van der Waals surface area contributed by atoms with E-state index in [9.17, 15) is 0 Å². The second-order valence-corrected chi connectivity index (χ2v) is 4.80. The van der Waals surface area contributed by atoms with E-state index < -0.39 is 0 Å². The Morgan fingerprint density at radius 1 is 1.37 bits per heavy atom. The van der Waals surface area contributed by atoms with Gasteiger partial charge < -0.3 is 10.6 Å². The molecule has 1 unspecified atom stereocenters. The molecule has 0 aromatic carbocycles. The summed E-state index contributed by atoms with van der Waals surface area (Å²) in [7, 11) is 1.80. The van der Waals surface area contributed by atoms with Crippen LogP contribution in [0, 0.1) is 5.92 Å². The first-order valence-electron chi connectivity index (χ1n) is 6.58. The molecule has 1 aromatic rings. The highest BCUT2D eigenvalue weighted by Gasteiger charge is 2.08. The van der Waals surface area contributed by atoms with Crippen molar-refractivity contribution in [2.24, 2.45) is 10.9 Å². The summed E-state index contributed by atoms with van der Waals surface area (Å²) in [5.74, 6) is 1.46. The van der Waals surface area contributed by atoms with Crippen LogP contribution in [0.1, 0.15) is 27.2 Å². The first-order chi connectivity index (χ1) is 8.63. The summed E-state index contributed by atoms with van der Waals surface area (Å²) in [6, 6.07) is 2.36. The first-order valence-corrected chi connectivity index (χ1v) is 6.58. The minimum absolute atomic E-state index is 0. The molecular formula is C13H26IN5. The number of hydrogen-bond acceptors (Lipinski definition) is 2. The van der Waals surface area contributed by atoms with Crippen molar-refractivity contribution in [1.82, 2.24) is 20.4 Å². The summed E-state index contributed by atoms with van der Waals surface area (Å²) in [4.78, 5) is 4.22. The predicted octanol–water partition coefficient (Wildman–Crippen LogP) is 2.10. The van der Waals surface area contributed by atoms with Crippen molar-refractivity contribution >= 4 is 29.9 Å². The normalized spacial score (nSPS) is 13.0. The van der Waals surface area contributed by atoms with Crippen LogP contribution < -0.4 is 10.6 Å². The van der Waals surface area contributed by atoms with Gasteiger partial charge in [0.15, 0.2) is 5.96 Å². The highest BCUT2D eigenvalue weighted by Crippen LogP contribution is 1.99. The van der Waals surface area contributed by atoms with Gasteiger partial charge in [-0.25, -0.2) is 0 Å². The lowest BCUT2D eigenvalue weighted by atomic mass is 10.1. The van der Waals surface area contributed by atoms with Crippen LogP contribution in [0.4, 0.5) is 0 Å². The van der Waals surface area contributed by atoms with Crippen LogP contribution in [0.5, 0.6) is 0 Å². The lowest BCUT2D eigenvalue weighted by Gasteiger charge is -2.20. The molecule has 0 radical (unpaired) electrons. The highest BCUT2D eigenvalue weighted by atomic mass is 127. The van der Waals surface area contributed by atoms with E-state index in [4.69, 9.17) is 0 Å². The first kappa shape index (κ1) is 18.2. The number of nitrogens with zero attached hydrogens (tertiary/aromatic N) is 3. The zero-order valence-electron chi connectivity index (χ0n) is 12.3. The minimum atomic E-state index is 0.